The molecule has 3 nitrogen and oxygen atoms in total. The Hall–Kier alpha value is -0.610. The highest BCUT2D eigenvalue weighted by Gasteiger charge is 2.32. The molecule has 2 rings (SSSR count). The van der Waals surface area contributed by atoms with E-state index in [2.05, 4.69) is 5.32 Å². The summed E-state index contributed by atoms with van der Waals surface area (Å²) in [6, 6.07) is 5.40. The van der Waals surface area contributed by atoms with Crippen molar-refractivity contribution >= 4 is 29.0 Å². The van der Waals surface area contributed by atoms with Crippen LogP contribution in [-0.4, -0.2) is 32.1 Å². The predicted octanol–water partition coefficient (Wildman–Crippen LogP) is 2.34. The topological polar surface area (TPSA) is 38.3 Å². The highest BCUT2D eigenvalue weighted by atomic mass is 35.5. The molecule has 0 amide bonds. The largest absolute Gasteiger partial charge is 0.379 e. The van der Waals surface area contributed by atoms with Crippen LogP contribution in [0.5, 0.6) is 0 Å². The van der Waals surface area contributed by atoms with Gasteiger partial charge in [0.15, 0.2) is 0 Å². The van der Waals surface area contributed by atoms with Gasteiger partial charge in [-0.3, -0.25) is 4.79 Å². The van der Waals surface area contributed by atoms with E-state index in [4.69, 9.17) is 27.9 Å². The van der Waals surface area contributed by atoms with E-state index in [1.165, 1.54) is 0 Å². The molecule has 1 N–H and O–H groups in total. The van der Waals surface area contributed by atoms with Gasteiger partial charge in [-0.15, -0.1) is 0 Å². The molecule has 1 heterocycles. The molecule has 0 aliphatic carbocycles. The lowest BCUT2D eigenvalue weighted by molar-refractivity contribution is -0.122. The van der Waals surface area contributed by atoms with Crippen LogP contribution in [0.3, 0.4) is 0 Å². The number of ketones is 1. The van der Waals surface area contributed by atoms with Gasteiger partial charge >= 0.3 is 0 Å². The van der Waals surface area contributed by atoms with Crippen molar-refractivity contribution in [1.29, 1.82) is 0 Å². The van der Waals surface area contributed by atoms with Crippen molar-refractivity contribution in [3.05, 3.63) is 33.8 Å². The van der Waals surface area contributed by atoms with Crippen LogP contribution in [-0.2, 0) is 16.0 Å². The standard InChI is InChI=1S/C13H15Cl2NO2/c1-16-12-7-18-6-9(12)13(17)5-8-2-3-10(14)11(15)4-8/h2-4,9,12,16H,5-7H2,1H3. The van der Waals surface area contributed by atoms with Crippen molar-refractivity contribution in [2.45, 2.75) is 12.5 Å². The van der Waals surface area contributed by atoms with Gasteiger partial charge in [-0.1, -0.05) is 29.3 Å². The van der Waals surface area contributed by atoms with Crippen LogP contribution in [0.1, 0.15) is 5.56 Å². The van der Waals surface area contributed by atoms with Crippen LogP contribution in [0.25, 0.3) is 0 Å². The van der Waals surface area contributed by atoms with Gasteiger partial charge in [0.1, 0.15) is 5.78 Å². The number of benzene rings is 1. The first kappa shape index (κ1) is 13.8. The molecule has 2 atom stereocenters. The normalized spacial score (nSPS) is 23.3. The number of likely N-dealkylation sites (N-methyl/N-ethyl adjacent to an activating group) is 1. The molecule has 2 unspecified atom stereocenters. The number of hydrogen-bond donors (Lipinski definition) is 1. The average molecular weight is 288 g/mol. The smallest absolute Gasteiger partial charge is 0.144 e. The summed E-state index contributed by atoms with van der Waals surface area (Å²) in [7, 11) is 1.85. The van der Waals surface area contributed by atoms with Crippen LogP contribution in [0.15, 0.2) is 18.2 Å². The number of hydrogen-bond acceptors (Lipinski definition) is 3. The Morgan fingerprint density at radius 2 is 2.17 bits per heavy atom. The first-order valence-corrected chi connectivity index (χ1v) is 6.59. The number of ether oxygens (including phenoxy) is 1. The van der Waals surface area contributed by atoms with E-state index in [0.717, 1.165) is 5.56 Å². The lowest BCUT2D eigenvalue weighted by Gasteiger charge is -2.15. The second-order valence-electron chi connectivity index (χ2n) is 4.43. The van der Waals surface area contributed by atoms with Gasteiger partial charge in [0.25, 0.3) is 0 Å². The highest BCUT2D eigenvalue weighted by molar-refractivity contribution is 6.42. The third kappa shape index (κ3) is 3.04. The fraction of sp³-hybridized carbons (Fsp3) is 0.462. The summed E-state index contributed by atoms with van der Waals surface area (Å²) in [5, 5.41) is 4.09. The molecule has 0 spiro atoms. The number of nitrogens with one attached hydrogen (secondary N) is 1. The zero-order chi connectivity index (χ0) is 13.1. The Balaban J connectivity index is 2.04. The molecule has 0 bridgehead atoms. The number of halogens is 2. The molecule has 1 fully saturated rings. The maximum atomic E-state index is 12.2. The van der Waals surface area contributed by atoms with Crippen LogP contribution >= 0.6 is 23.2 Å². The van der Waals surface area contributed by atoms with Gasteiger partial charge < -0.3 is 10.1 Å². The van der Waals surface area contributed by atoms with Crippen LogP contribution in [0.2, 0.25) is 10.0 Å². The van der Waals surface area contributed by atoms with Crippen molar-refractivity contribution < 1.29 is 9.53 Å². The van der Waals surface area contributed by atoms with Gasteiger partial charge in [-0.2, -0.15) is 0 Å². The Morgan fingerprint density at radius 3 is 2.83 bits per heavy atom. The first-order chi connectivity index (χ1) is 8.61. The van der Waals surface area contributed by atoms with E-state index < -0.39 is 0 Å². The molecular weight excluding hydrogens is 273 g/mol. The summed E-state index contributed by atoms with van der Waals surface area (Å²) in [4.78, 5) is 12.2. The monoisotopic (exact) mass is 287 g/mol. The van der Waals surface area contributed by atoms with Crippen molar-refractivity contribution in [1.82, 2.24) is 5.32 Å². The molecule has 1 aliphatic rings. The summed E-state index contributed by atoms with van der Waals surface area (Å²) in [6.45, 7) is 1.08. The fourth-order valence-electron chi connectivity index (χ4n) is 2.14. The highest BCUT2D eigenvalue weighted by Crippen LogP contribution is 2.24. The maximum absolute atomic E-state index is 12.2. The minimum absolute atomic E-state index is 0.0792. The van der Waals surface area contributed by atoms with Crippen LogP contribution in [0, 0.1) is 5.92 Å². The molecule has 98 valence electrons. The molecule has 1 saturated heterocycles. The molecule has 0 aromatic heterocycles. The Bertz CT molecular complexity index is 451. The third-order valence-electron chi connectivity index (χ3n) is 3.23. The number of carbonyl (C=O) groups excluding carboxylic acids is 1. The number of carbonyl (C=O) groups is 1. The molecule has 1 aromatic rings. The molecule has 0 saturated carbocycles. The van der Waals surface area contributed by atoms with E-state index in [0.29, 0.717) is 29.7 Å². The second-order valence-corrected chi connectivity index (χ2v) is 5.25. The van der Waals surface area contributed by atoms with E-state index in [9.17, 15) is 4.79 Å². The zero-order valence-corrected chi connectivity index (χ0v) is 11.6. The quantitative estimate of drug-likeness (QED) is 0.924. The molecule has 5 heteroatoms. The van der Waals surface area contributed by atoms with Gasteiger partial charge in [-0.05, 0) is 24.7 Å². The molecular formula is C13H15Cl2NO2. The van der Waals surface area contributed by atoms with E-state index >= 15 is 0 Å². The lowest BCUT2D eigenvalue weighted by atomic mass is 9.94. The first-order valence-electron chi connectivity index (χ1n) is 5.83. The molecule has 0 radical (unpaired) electrons. The molecule has 18 heavy (non-hydrogen) atoms. The average Bonchev–Trinajstić information content (AvgIpc) is 2.82. The summed E-state index contributed by atoms with van der Waals surface area (Å²) in [6.07, 6.45) is 0.364. The summed E-state index contributed by atoms with van der Waals surface area (Å²) in [5.74, 6) is 0.0923. The minimum atomic E-state index is -0.0792. The van der Waals surface area contributed by atoms with E-state index in [-0.39, 0.29) is 17.7 Å². The maximum Gasteiger partial charge on any atom is 0.144 e. The van der Waals surface area contributed by atoms with Crippen LogP contribution in [0.4, 0.5) is 0 Å². The Morgan fingerprint density at radius 1 is 1.39 bits per heavy atom. The van der Waals surface area contributed by atoms with Crippen molar-refractivity contribution in [2.75, 3.05) is 20.3 Å². The summed E-state index contributed by atoms with van der Waals surface area (Å²) >= 11 is 11.8. The Kier molecular flexibility index (Phi) is 4.62. The van der Waals surface area contributed by atoms with E-state index in [1.807, 2.05) is 13.1 Å². The van der Waals surface area contributed by atoms with Crippen molar-refractivity contribution in [3.8, 4) is 0 Å². The van der Waals surface area contributed by atoms with Crippen molar-refractivity contribution in [3.63, 3.8) is 0 Å². The van der Waals surface area contributed by atoms with Gasteiger partial charge in [0.05, 0.1) is 29.2 Å². The van der Waals surface area contributed by atoms with Crippen molar-refractivity contribution in [2.24, 2.45) is 5.92 Å². The minimum Gasteiger partial charge on any atom is -0.379 e. The van der Waals surface area contributed by atoms with Crippen LogP contribution < -0.4 is 5.32 Å². The third-order valence-corrected chi connectivity index (χ3v) is 3.97. The molecule has 1 aromatic carbocycles. The SMILES string of the molecule is CNC1COCC1C(=O)Cc1ccc(Cl)c(Cl)c1. The number of Topliss-reactive ketones (excluding diaryl/α,β-unsaturated/α-hetero) is 1. The fourth-order valence-corrected chi connectivity index (χ4v) is 2.46. The van der Waals surface area contributed by atoms with Gasteiger partial charge in [0, 0.05) is 12.5 Å². The predicted molar refractivity (Wildman–Crippen MR) is 72.3 cm³/mol. The Labute approximate surface area is 116 Å². The lowest BCUT2D eigenvalue weighted by Crippen LogP contribution is -2.37. The van der Waals surface area contributed by atoms with Gasteiger partial charge in [-0.25, -0.2) is 0 Å². The summed E-state index contributed by atoms with van der Waals surface area (Å²) in [5.41, 5.74) is 0.885. The number of rotatable bonds is 4. The molecule has 1 aliphatic heterocycles. The summed E-state index contributed by atoms with van der Waals surface area (Å²) < 4.78 is 5.33. The van der Waals surface area contributed by atoms with Gasteiger partial charge in [0.2, 0.25) is 0 Å². The second kappa shape index (κ2) is 6.02. The van der Waals surface area contributed by atoms with E-state index in [1.54, 1.807) is 12.1 Å². The zero-order valence-electron chi connectivity index (χ0n) is 10.1.